The highest BCUT2D eigenvalue weighted by atomic mass is 79.9. The average molecular weight is 411 g/mol. The first kappa shape index (κ1) is 14.6. The highest BCUT2D eigenvalue weighted by Gasteiger charge is 2.20. The zero-order chi connectivity index (χ0) is 15.0. The van der Waals surface area contributed by atoms with Gasteiger partial charge in [-0.15, -0.1) is 0 Å². The van der Waals surface area contributed by atoms with Crippen molar-refractivity contribution in [2.45, 2.75) is 12.8 Å². The molecule has 1 aliphatic rings. The lowest BCUT2D eigenvalue weighted by atomic mass is 10.00. The molecule has 0 saturated heterocycles. The minimum absolute atomic E-state index is 0.0267. The van der Waals surface area contributed by atoms with Gasteiger partial charge in [-0.25, -0.2) is 0 Å². The van der Waals surface area contributed by atoms with Crippen molar-refractivity contribution in [3.05, 3.63) is 56.0 Å². The summed E-state index contributed by atoms with van der Waals surface area (Å²) in [6, 6.07) is 9.26. The number of Topliss-reactive ketones (excluding diaryl/α,β-unsaturated/α-hetero) is 1. The number of hydrogen-bond donors (Lipinski definition) is 1. The lowest BCUT2D eigenvalue weighted by Crippen LogP contribution is -2.06. The first-order valence-corrected chi connectivity index (χ1v) is 8.15. The Morgan fingerprint density at radius 1 is 1.14 bits per heavy atom. The second kappa shape index (κ2) is 5.81. The van der Waals surface area contributed by atoms with Crippen molar-refractivity contribution < 1.29 is 9.53 Å². The lowest BCUT2D eigenvalue weighted by molar-refractivity contribution is 0.0992. The van der Waals surface area contributed by atoms with E-state index in [0.717, 1.165) is 32.2 Å². The quantitative estimate of drug-likeness (QED) is 0.610. The Bertz CT molecular complexity index is 708. The summed E-state index contributed by atoms with van der Waals surface area (Å²) in [7, 11) is 0. The molecule has 0 aliphatic carbocycles. The van der Waals surface area contributed by atoms with Gasteiger partial charge in [0.05, 0.1) is 6.61 Å². The molecule has 0 amide bonds. The van der Waals surface area contributed by atoms with Crippen LogP contribution < -0.4 is 10.5 Å². The number of anilines is 1. The van der Waals surface area contributed by atoms with Crippen LogP contribution in [0.3, 0.4) is 0 Å². The third kappa shape index (κ3) is 3.14. The molecule has 0 aromatic heterocycles. The van der Waals surface area contributed by atoms with Gasteiger partial charge in [0.1, 0.15) is 5.75 Å². The molecule has 0 saturated carbocycles. The largest absolute Gasteiger partial charge is 0.493 e. The maximum absolute atomic E-state index is 12.5. The molecule has 3 nitrogen and oxygen atoms in total. The average Bonchev–Trinajstić information content (AvgIpc) is 2.85. The maximum atomic E-state index is 12.5. The monoisotopic (exact) mass is 409 g/mol. The Morgan fingerprint density at radius 3 is 2.67 bits per heavy atom. The molecule has 108 valence electrons. The maximum Gasteiger partial charge on any atom is 0.167 e. The molecule has 1 aliphatic heterocycles. The molecular weight excluding hydrogens is 398 g/mol. The van der Waals surface area contributed by atoms with Gasteiger partial charge in [0, 0.05) is 38.6 Å². The molecule has 0 unspecified atom stereocenters. The van der Waals surface area contributed by atoms with E-state index in [1.165, 1.54) is 0 Å². The normalized spacial score (nSPS) is 12.9. The third-order valence-electron chi connectivity index (χ3n) is 3.42. The minimum Gasteiger partial charge on any atom is -0.493 e. The summed E-state index contributed by atoms with van der Waals surface area (Å²) in [5.41, 5.74) is 9.04. The number of halogens is 2. The minimum atomic E-state index is 0.0267. The predicted octanol–water partition coefficient (Wildman–Crippen LogP) is 4.15. The Morgan fingerprint density at radius 2 is 1.90 bits per heavy atom. The number of hydrogen-bond acceptors (Lipinski definition) is 3. The molecule has 0 radical (unpaired) electrons. The Labute approximate surface area is 139 Å². The fourth-order valence-electron chi connectivity index (χ4n) is 2.53. The van der Waals surface area contributed by atoms with Crippen LogP contribution in [0.15, 0.2) is 39.3 Å². The van der Waals surface area contributed by atoms with E-state index in [-0.39, 0.29) is 5.78 Å². The predicted molar refractivity (Wildman–Crippen MR) is 89.9 cm³/mol. The summed E-state index contributed by atoms with van der Waals surface area (Å²) < 4.78 is 7.44. The Balaban J connectivity index is 1.92. The van der Waals surface area contributed by atoms with Crippen molar-refractivity contribution in [2.24, 2.45) is 0 Å². The molecule has 0 spiro atoms. The summed E-state index contributed by atoms with van der Waals surface area (Å²) in [6.45, 7) is 0.677. The highest BCUT2D eigenvalue weighted by molar-refractivity contribution is 9.10. The van der Waals surface area contributed by atoms with Crippen LogP contribution in [0.4, 0.5) is 5.69 Å². The number of ether oxygens (including phenoxy) is 1. The smallest absolute Gasteiger partial charge is 0.167 e. The van der Waals surface area contributed by atoms with Crippen molar-refractivity contribution in [3.8, 4) is 5.75 Å². The molecule has 2 N–H and O–H groups in total. The third-order valence-corrected chi connectivity index (χ3v) is 4.33. The van der Waals surface area contributed by atoms with E-state index in [0.29, 0.717) is 24.3 Å². The standard InChI is InChI=1S/C16H13Br2NO2/c17-12-3-9-1-2-21-16(9)11(5-12)7-15(20)10-4-13(18)8-14(19)6-10/h3-6,8H,1-2,7,19H2. The number of benzene rings is 2. The summed E-state index contributed by atoms with van der Waals surface area (Å²) in [4.78, 5) is 12.5. The molecule has 2 aromatic rings. The van der Waals surface area contributed by atoms with E-state index in [4.69, 9.17) is 10.5 Å². The molecular formula is C16H13Br2NO2. The van der Waals surface area contributed by atoms with E-state index in [1.807, 2.05) is 12.1 Å². The summed E-state index contributed by atoms with van der Waals surface area (Å²) in [6.07, 6.45) is 1.19. The van der Waals surface area contributed by atoms with Crippen LogP contribution >= 0.6 is 31.9 Å². The number of rotatable bonds is 3. The molecule has 5 heteroatoms. The van der Waals surface area contributed by atoms with E-state index in [9.17, 15) is 4.79 Å². The number of nitrogens with two attached hydrogens (primary N) is 1. The summed E-state index contributed by atoms with van der Waals surface area (Å²) in [5, 5.41) is 0. The zero-order valence-corrected chi connectivity index (χ0v) is 14.3. The van der Waals surface area contributed by atoms with Crippen molar-refractivity contribution in [1.29, 1.82) is 0 Å². The van der Waals surface area contributed by atoms with Crippen LogP contribution in [0, 0.1) is 0 Å². The van der Waals surface area contributed by atoms with Crippen LogP contribution in [0.5, 0.6) is 5.75 Å². The van der Waals surface area contributed by atoms with Crippen molar-refractivity contribution >= 4 is 43.3 Å². The number of carbonyl (C=O) groups excluding carboxylic acids is 1. The fraction of sp³-hybridized carbons (Fsp3) is 0.188. The lowest BCUT2D eigenvalue weighted by Gasteiger charge is -2.09. The number of carbonyl (C=O) groups is 1. The number of nitrogen functional groups attached to an aromatic ring is 1. The van der Waals surface area contributed by atoms with E-state index in [1.54, 1.807) is 18.2 Å². The van der Waals surface area contributed by atoms with E-state index in [2.05, 4.69) is 31.9 Å². The second-order valence-corrected chi connectivity index (χ2v) is 6.86. The molecule has 0 atom stereocenters. The van der Waals surface area contributed by atoms with E-state index < -0.39 is 0 Å². The fourth-order valence-corrected chi connectivity index (χ4v) is 3.59. The van der Waals surface area contributed by atoms with Crippen molar-refractivity contribution in [1.82, 2.24) is 0 Å². The van der Waals surface area contributed by atoms with Gasteiger partial charge in [0.25, 0.3) is 0 Å². The molecule has 0 fully saturated rings. The first-order chi connectivity index (χ1) is 10.0. The van der Waals surface area contributed by atoms with Gasteiger partial charge in [-0.2, -0.15) is 0 Å². The SMILES string of the molecule is Nc1cc(Br)cc(C(=O)Cc2cc(Br)cc3c2OCC3)c1. The Kier molecular flexibility index (Phi) is 4.04. The van der Waals surface area contributed by atoms with Gasteiger partial charge in [-0.3, -0.25) is 4.79 Å². The topological polar surface area (TPSA) is 52.3 Å². The number of fused-ring (bicyclic) bond motifs is 1. The van der Waals surface area contributed by atoms with Gasteiger partial charge in [-0.1, -0.05) is 31.9 Å². The van der Waals surface area contributed by atoms with Crippen molar-refractivity contribution in [3.63, 3.8) is 0 Å². The summed E-state index contributed by atoms with van der Waals surface area (Å²) >= 11 is 6.85. The second-order valence-electron chi connectivity index (χ2n) is 5.02. The highest BCUT2D eigenvalue weighted by Crippen LogP contribution is 2.34. The van der Waals surface area contributed by atoms with Gasteiger partial charge < -0.3 is 10.5 Å². The van der Waals surface area contributed by atoms with Gasteiger partial charge in [-0.05, 0) is 35.9 Å². The zero-order valence-electron chi connectivity index (χ0n) is 11.2. The van der Waals surface area contributed by atoms with Gasteiger partial charge >= 0.3 is 0 Å². The molecule has 3 rings (SSSR count). The molecule has 2 aromatic carbocycles. The van der Waals surface area contributed by atoms with Crippen LogP contribution in [0.25, 0.3) is 0 Å². The van der Waals surface area contributed by atoms with Crippen LogP contribution in [-0.2, 0) is 12.8 Å². The van der Waals surface area contributed by atoms with Crippen LogP contribution in [0.1, 0.15) is 21.5 Å². The van der Waals surface area contributed by atoms with Crippen LogP contribution in [-0.4, -0.2) is 12.4 Å². The molecule has 0 bridgehead atoms. The van der Waals surface area contributed by atoms with Crippen molar-refractivity contribution in [2.75, 3.05) is 12.3 Å². The Hall–Kier alpha value is -1.33. The van der Waals surface area contributed by atoms with Crippen LogP contribution in [0.2, 0.25) is 0 Å². The number of ketones is 1. The van der Waals surface area contributed by atoms with E-state index >= 15 is 0 Å². The molecule has 1 heterocycles. The summed E-state index contributed by atoms with van der Waals surface area (Å²) in [5.74, 6) is 0.883. The van der Waals surface area contributed by atoms with Gasteiger partial charge in [0.2, 0.25) is 0 Å². The first-order valence-electron chi connectivity index (χ1n) is 6.56. The molecule has 21 heavy (non-hydrogen) atoms. The van der Waals surface area contributed by atoms with Gasteiger partial charge in [0.15, 0.2) is 5.78 Å².